The molecule has 0 bridgehead atoms. The molecule has 0 heterocycles. The summed E-state index contributed by atoms with van der Waals surface area (Å²) in [5.74, 6) is -0.861. The zero-order valence-electron chi connectivity index (χ0n) is 20.4. The molecule has 3 aromatic carbocycles. The summed E-state index contributed by atoms with van der Waals surface area (Å²) in [4.78, 5) is 27.8. The van der Waals surface area contributed by atoms with Gasteiger partial charge in [0.05, 0.1) is 22.0 Å². The first-order valence-corrected chi connectivity index (χ1v) is 14.1. The fourth-order valence-electron chi connectivity index (χ4n) is 3.83. The molecule has 0 aliphatic heterocycles. The van der Waals surface area contributed by atoms with Crippen LogP contribution in [0.2, 0.25) is 10.0 Å². The molecular weight excluding hydrogens is 521 g/mol. The van der Waals surface area contributed by atoms with Crippen molar-refractivity contribution in [2.75, 3.05) is 23.7 Å². The Morgan fingerprint density at radius 1 is 1.00 bits per heavy atom. The fourth-order valence-corrected chi connectivity index (χ4v) is 5.02. The molecule has 0 aliphatic rings. The van der Waals surface area contributed by atoms with E-state index in [-0.39, 0.29) is 12.5 Å². The van der Waals surface area contributed by atoms with E-state index in [0.717, 1.165) is 22.4 Å². The predicted molar refractivity (Wildman–Crippen MR) is 146 cm³/mol. The molecular formula is C26H29Cl2N3O4S. The molecule has 7 nitrogen and oxygen atoms in total. The van der Waals surface area contributed by atoms with Crippen molar-refractivity contribution in [2.45, 2.75) is 32.9 Å². The van der Waals surface area contributed by atoms with Gasteiger partial charge in [-0.15, -0.1) is 0 Å². The zero-order valence-corrected chi connectivity index (χ0v) is 22.7. The molecule has 0 radical (unpaired) electrons. The molecule has 0 fully saturated rings. The van der Waals surface area contributed by atoms with Crippen molar-refractivity contribution in [1.29, 1.82) is 0 Å². The quantitative estimate of drug-likeness (QED) is 0.391. The van der Waals surface area contributed by atoms with Gasteiger partial charge in [-0.1, -0.05) is 72.6 Å². The van der Waals surface area contributed by atoms with E-state index in [4.69, 9.17) is 23.2 Å². The first-order chi connectivity index (χ1) is 17.0. The number of anilines is 1. The predicted octanol–water partition coefficient (Wildman–Crippen LogP) is 4.86. The van der Waals surface area contributed by atoms with Crippen LogP contribution in [0.15, 0.2) is 60.7 Å². The molecule has 3 rings (SSSR count). The van der Waals surface area contributed by atoms with Crippen molar-refractivity contribution in [2.24, 2.45) is 0 Å². The largest absolute Gasteiger partial charge is 0.354 e. The van der Waals surface area contributed by atoms with Crippen molar-refractivity contribution in [1.82, 2.24) is 10.2 Å². The van der Waals surface area contributed by atoms with E-state index in [1.165, 1.54) is 4.90 Å². The topological polar surface area (TPSA) is 86.8 Å². The van der Waals surface area contributed by atoms with E-state index >= 15 is 0 Å². The normalized spacial score (nSPS) is 12.2. The standard InChI is InChI=1S/C26H29Cl2N3O4S/c1-4-14-29-26(33)18(2)30(16-19-12-13-22(27)23(28)15-19)25(32)17-31(36(3,34)35)24-11-7-9-20-8-5-6-10-21(20)24/h5-13,15,18H,4,14,16-17H2,1-3H3,(H,29,33)/t18-/m0/s1. The van der Waals surface area contributed by atoms with E-state index in [1.807, 2.05) is 37.3 Å². The second kappa shape index (κ2) is 12.0. The third-order valence-corrected chi connectivity index (χ3v) is 7.63. The lowest BCUT2D eigenvalue weighted by molar-refractivity contribution is -0.139. The van der Waals surface area contributed by atoms with Crippen LogP contribution < -0.4 is 9.62 Å². The van der Waals surface area contributed by atoms with Crippen LogP contribution in [-0.4, -0.2) is 50.5 Å². The molecule has 0 spiro atoms. The highest BCUT2D eigenvalue weighted by atomic mass is 35.5. The molecule has 0 aliphatic carbocycles. The molecule has 0 unspecified atom stereocenters. The number of sulfonamides is 1. The lowest BCUT2D eigenvalue weighted by Crippen LogP contribution is -2.51. The molecule has 0 saturated heterocycles. The van der Waals surface area contributed by atoms with Gasteiger partial charge in [0.1, 0.15) is 12.6 Å². The number of carbonyl (C=O) groups excluding carboxylic acids is 2. The maximum Gasteiger partial charge on any atom is 0.244 e. The summed E-state index contributed by atoms with van der Waals surface area (Å²) in [5.41, 5.74) is 1.05. The van der Waals surface area contributed by atoms with Gasteiger partial charge >= 0.3 is 0 Å². The second-order valence-corrected chi connectivity index (χ2v) is 11.2. The second-order valence-electron chi connectivity index (χ2n) is 8.51. The molecule has 0 aromatic heterocycles. The molecule has 1 N–H and O–H groups in total. The fraction of sp³-hybridized carbons (Fsp3) is 0.308. The van der Waals surface area contributed by atoms with Gasteiger partial charge in [-0.05, 0) is 42.5 Å². The molecule has 36 heavy (non-hydrogen) atoms. The maximum atomic E-state index is 13.7. The van der Waals surface area contributed by atoms with Crippen LogP contribution in [0, 0.1) is 0 Å². The van der Waals surface area contributed by atoms with Crippen LogP contribution in [0.1, 0.15) is 25.8 Å². The van der Waals surface area contributed by atoms with Gasteiger partial charge in [0, 0.05) is 18.5 Å². The van der Waals surface area contributed by atoms with Crippen LogP contribution >= 0.6 is 23.2 Å². The third kappa shape index (κ3) is 6.69. The van der Waals surface area contributed by atoms with E-state index in [9.17, 15) is 18.0 Å². The molecule has 1 atom stereocenters. The SMILES string of the molecule is CCCNC(=O)[C@H](C)N(Cc1ccc(Cl)c(Cl)c1)C(=O)CN(c1cccc2ccccc12)S(C)(=O)=O. The third-order valence-electron chi connectivity index (χ3n) is 5.77. The highest BCUT2D eigenvalue weighted by molar-refractivity contribution is 7.92. The number of rotatable bonds is 10. The Kier molecular flexibility index (Phi) is 9.22. The Morgan fingerprint density at radius 3 is 2.36 bits per heavy atom. The number of hydrogen-bond donors (Lipinski definition) is 1. The Balaban J connectivity index is 1.99. The van der Waals surface area contributed by atoms with Gasteiger partial charge in [0.25, 0.3) is 0 Å². The number of amides is 2. The zero-order chi connectivity index (χ0) is 26.5. The van der Waals surface area contributed by atoms with Crippen LogP contribution in [-0.2, 0) is 26.2 Å². The van der Waals surface area contributed by atoms with E-state index in [2.05, 4.69) is 5.32 Å². The summed E-state index contributed by atoms with van der Waals surface area (Å²) in [6.45, 7) is 3.58. The van der Waals surface area contributed by atoms with Crippen molar-refractivity contribution >= 4 is 61.5 Å². The minimum absolute atomic E-state index is 0.0452. The van der Waals surface area contributed by atoms with Gasteiger partial charge in [0.15, 0.2) is 0 Å². The molecule has 192 valence electrons. The first kappa shape index (κ1) is 27.8. The van der Waals surface area contributed by atoms with Crippen LogP contribution in [0.3, 0.4) is 0 Å². The van der Waals surface area contributed by atoms with Crippen LogP contribution in [0.5, 0.6) is 0 Å². The van der Waals surface area contributed by atoms with E-state index < -0.39 is 28.5 Å². The number of benzene rings is 3. The number of nitrogens with zero attached hydrogens (tertiary/aromatic N) is 2. The Hall–Kier alpha value is -2.81. The molecule has 3 aromatic rings. The number of hydrogen-bond acceptors (Lipinski definition) is 4. The smallest absolute Gasteiger partial charge is 0.244 e. The Morgan fingerprint density at radius 2 is 1.69 bits per heavy atom. The lowest BCUT2D eigenvalue weighted by atomic mass is 10.1. The first-order valence-electron chi connectivity index (χ1n) is 11.5. The van der Waals surface area contributed by atoms with E-state index in [1.54, 1.807) is 37.3 Å². The number of carbonyl (C=O) groups is 2. The highest BCUT2D eigenvalue weighted by Crippen LogP contribution is 2.29. The molecule has 2 amide bonds. The van der Waals surface area contributed by atoms with Gasteiger partial charge in [-0.2, -0.15) is 0 Å². The van der Waals surface area contributed by atoms with Crippen LogP contribution in [0.25, 0.3) is 10.8 Å². The molecule has 0 saturated carbocycles. The van der Waals surface area contributed by atoms with Crippen molar-refractivity contribution in [3.05, 3.63) is 76.3 Å². The van der Waals surface area contributed by atoms with Gasteiger partial charge in [0.2, 0.25) is 21.8 Å². The summed E-state index contributed by atoms with van der Waals surface area (Å²) in [7, 11) is -3.84. The monoisotopic (exact) mass is 549 g/mol. The lowest BCUT2D eigenvalue weighted by Gasteiger charge is -2.32. The number of nitrogens with one attached hydrogen (secondary N) is 1. The van der Waals surface area contributed by atoms with Gasteiger partial charge < -0.3 is 10.2 Å². The van der Waals surface area contributed by atoms with E-state index in [0.29, 0.717) is 33.2 Å². The summed E-state index contributed by atoms with van der Waals surface area (Å²) >= 11 is 12.2. The van der Waals surface area contributed by atoms with Gasteiger partial charge in [-0.3, -0.25) is 13.9 Å². The minimum atomic E-state index is -3.84. The summed E-state index contributed by atoms with van der Waals surface area (Å²) in [5, 5.41) is 5.03. The summed E-state index contributed by atoms with van der Waals surface area (Å²) in [6.07, 6.45) is 1.80. The average Bonchev–Trinajstić information content (AvgIpc) is 2.85. The molecule has 10 heteroatoms. The Labute approximate surface area is 222 Å². The summed E-state index contributed by atoms with van der Waals surface area (Å²) in [6, 6.07) is 16.7. The van der Waals surface area contributed by atoms with Crippen molar-refractivity contribution in [3.8, 4) is 0 Å². The van der Waals surface area contributed by atoms with Crippen LogP contribution in [0.4, 0.5) is 5.69 Å². The number of halogens is 2. The minimum Gasteiger partial charge on any atom is -0.354 e. The average molecular weight is 551 g/mol. The maximum absolute atomic E-state index is 13.7. The Bertz CT molecular complexity index is 1360. The summed E-state index contributed by atoms with van der Waals surface area (Å²) < 4.78 is 26.8. The highest BCUT2D eigenvalue weighted by Gasteiger charge is 2.30. The number of fused-ring (bicyclic) bond motifs is 1. The van der Waals surface area contributed by atoms with Gasteiger partial charge in [-0.25, -0.2) is 8.42 Å². The van der Waals surface area contributed by atoms with Crippen molar-refractivity contribution in [3.63, 3.8) is 0 Å². The van der Waals surface area contributed by atoms with Crippen molar-refractivity contribution < 1.29 is 18.0 Å².